The van der Waals surface area contributed by atoms with Gasteiger partial charge in [0.05, 0.1) is 18.2 Å². The normalized spacial score (nSPS) is 17.1. The molecule has 0 fully saturated rings. The average Bonchev–Trinajstić information content (AvgIpc) is 2.51. The van der Waals surface area contributed by atoms with Crippen LogP contribution in [0.15, 0.2) is 24.3 Å². The predicted octanol–water partition coefficient (Wildman–Crippen LogP) is 1.54. The summed E-state index contributed by atoms with van der Waals surface area (Å²) in [6, 6.07) is 7.24. The smallest absolute Gasteiger partial charge is 0.257 e. The first-order chi connectivity index (χ1) is 8.59. The topological polar surface area (TPSA) is 49.8 Å². The van der Waals surface area contributed by atoms with Crippen molar-refractivity contribution in [2.24, 2.45) is 5.92 Å². The molecular formula is C14H19NO3. The molecule has 1 N–H and O–H groups in total. The van der Waals surface area contributed by atoms with Gasteiger partial charge in [0.1, 0.15) is 12.4 Å². The first kappa shape index (κ1) is 12.9. The molecule has 0 spiro atoms. The SMILES string of the molecule is CC(C)C(O)CN1CCOc2ccccc2C1=O. The first-order valence-corrected chi connectivity index (χ1v) is 6.28. The molecule has 4 nitrogen and oxygen atoms in total. The molecule has 1 unspecified atom stereocenters. The van der Waals surface area contributed by atoms with E-state index in [2.05, 4.69) is 0 Å². The minimum absolute atomic E-state index is 0.0669. The number of para-hydroxylation sites is 1. The van der Waals surface area contributed by atoms with Crippen LogP contribution in [0.5, 0.6) is 5.75 Å². The van der Waals surface area contributed by atoms with Gasteiger partial charge in [0, 0.05) is 6.54 Å². The van der Waals surface area contributed by atoms with Crippen molar-refractivity contribution < 1.29 is 14.6 Å². The van der Waals surface area contributed by atoms with E-state index in [1.807, 2.05) is 26.0 Å². The number of nitrogens with zero attached hydrogens (tertiary/aromatic N) is 1. The Morgan fingerprint density at radius 2 is 2.11 bits per heavy atom. The molecule has 1 atom stereocenters. The summed E-state index contributed by atoms with van der Waals surface area (Å²) >= 11 is 0. The molecule has 1 aliphatic rings. The fourth-order valence-electron chi connectivity index (χ4n) is 1.92. The van der Waals surface area contributed by atoms with Crippen LogP contribution in [0, 0.1) is 5.92 Å². The Hall–Kier alpha value is -1.55. The number of ether oxygens (including phenoxy) is 1. The van der Waals surface area contributed by atoms with Gasteiger partial charge in [-0.3, -0.25) is 4.79 Å². The number of carbonyl (C=O) groups excluding carboxylic acids is 1. The van der Waals surface area contributed by atoms with E-state index in [0.29, 0.717) is 31.0 Å². The molecule has 0 saturated heterocycles. The van der Waals surface area contributed by atoms with Crippen LogP contribution in [0.25, 0.3) is 0 Å². The molecule has 0 aliphatic carbocycles. The quantitative estimate of drug-likeness (QED) is 0.884. The highest BCUT2D eigenvalue weighted by molar-refractivity contribution is 5.97. The maximum atomic E-state index is 12.3. The number of hydrogen-bond acceptors (Lipinski definition) is 3. The predicted molar refractivity (Wildman–Crippen MR) is 68.7 cm³/mol. The zero-order valence-electron chi connectivity index (χ0n) is 10.8. The molecule has 0 radical (unpaired) electrons. The monoisotopic (exact) mass is 249 g/mol. The van der Waals surface area contributed by atoms with E-state index in [-0.39, 0.29) is 11.8 Å². The van der Waals surface area contributed by atoms with E-state index >= 15 is 0 Å². The summed E-state index contributed by atoms with van der Waals surface area (Å²) in [4.78, 5) is 14.0. The zero-order valence-corrected chi connectivity index (χ0v) is 10.8. The third kappa shape index (κ3) is 2.64. The second-order valence-corrected chi connectivity index (χ2v) is 4.91. The van der Waals surface area contributed by atoms with Gasteiger partial charge in [-0.2, -0.15) is 0 Å². The van der Waals surface area contributed by atoms with E-state index in [1.54, 1.807) is 17.0 Å². The average molecular weight is 249 g/mol. The van der Waals surface area contributed by atoms with Crippen LogP contribution in [0.4, 0.5) is 0 Å². The summed E-state index contributed by atoms with van der Waals surface area (Å²) in [7, 11) is 0. The highest BCUT2D eigenvalue weighted by Gasteiger charge is 2.25. The Morgan fingerprint density at radius 3 is 2.83 bits per heavy atom. The van der Waals surface area contributed by atoms with Gasteiger partial charge in [-0.15, -0.1) is 0 Å². The highest BCUT2D eigenvalue weighted by atomic mass is 16.5. The fraction of sp³-hybridized carbons (Fsp3) is 0.500. The van der Waals surface area contributed by atoms with Crippen molar-refractivity contribution in [3.8, 4) is 5.75 Å². The van der Waals surface area contributed by atoms with E-state index in [9.17, 15) is 9.90 Å². The van der Waals surface area contributed by atoms with E-state index in [1.165, 1.54) is 0 Å². The fourth-order valence-corrected chi connectivity index (χ4v) is 1.92. The summed E-state index contributed by atoms with van der Waals surface area (Å²) in [5.74, 6) is 0.698. The van der Waals surface area contributed by atoms with Gasteiger partial charge in [-0.05, 0) is 18.1 Å². The molecule has 18 heavy (non-hydrogen) atoms. The van der Waals surface area contributed by atoms with Crippen molar-refractivity contribution >= 4 is 5.91 Å². The van der Waals surface area contributed by atoms with Gasteiger partial charge in [0.2, 0.25) is 0 Å². The number of aliphatic hydroxyl groups excluding tert-OH is 1. The van der Waals surface area contributed by atoms with Crippen molar-refractivity contribution in [2.75, 3.05) is 19.7 Å². The standard InChI is InChI=1S/C14H19NO3/c1-10(2)12(16)9-15-7-8-18-13-6-4-3-5-11(13)14(15)17/h3-6,10,12,16H,7-9H2,1-2H3. The van der Waals surface area contributed by atoms with Gasteiger partial charge >= 0.3 is 0 Å². The molecule has 1 amide bonds. The number of amides is 1. The second kappa shape index (κ2) is 5.40. The van der Waals surface area contributed by atoms with Gasteiger partial charge in [0.15, 0.2) is 0 Å². The largest absolute Gasteiger partial charge is 0.491 e. The lowest BCUT2D eigenvalue weighted by molar-refractivity contribution is 0.0517. The van der Waals surface area contributed by atoms with Gasteiger partial charge in [-0.25, -0.2) is 0 Å². The summed E-state index contributed by atoms with van der Waals surface area (Å²) < 4.78 is 5.55. The van der Waals surface area contributed by atoms with Crippen molar-refractivity contribution in [3.05, 3.63) is 29.8 Å². The maximum Gasteiger partial charge on any atom is 0.257 e. The highest BCUT2D eigenvalue weighted by Crippen LogP contribution is 2.22. The van der Waals surface area contributed by atoms with Crippen LogP contribution < -0.4 is 4.74 Å². The third-order valence-corrected chi connectivity index (χ3v) is 3.20. The molecule has 2 rings (SSSR count). The Bertz CT molecular complexity index is 431. The number of β-amino-alcohol motifs (C(OH)–C–C–N with tert-alkyl or cyclic N) is 1. The molecular weight excluding hydrogens is 230 g/mol. The number of hydrogen-bond donors (Lipinski definition) is 1. The Kier molecular flexibility index (Phi) is 3.87. The van der Waals surface area contributed by atoms with Crippen LogP contribution in [-0.2, 0) is 0 Å². The Balaban J connectivity index is 2.18. The molecule has 4 heteroatoms. The van der Waals surface area contributed by atoms with Gasteiger partial charge in [0.25, 0.3) is 5.91 Å². The zero-order chi connectivity index (χ0) is 13.1. The van der Waals surface area contributed by atoms with Crippen molar-refractivity contribution in [1.29, 1.82) is 0 Å². The van der Waals surface area contributed by atoms with E-state index < -0.39 is 6.10 Å². The van der Waals surface area contributed by atoms with E-state index in [0.717, 1.165) is 0 Å². The summed E-state index contributed by atoms with van der Waals surface area (Å²) in [6.45, 7) is 5.22. The molecule has 0 saturated carbocycles. The number of aliphatic hydroxyl groups is 1. The maximum absolute atomic E-state index is 12.3. The van der Waals surface area contributed by atoms with Gasteiger partial charge < -0.3 is 14.7 Å². The second-order valence-electron chi connectivity index (χ2n) is 4.91. The summed E-state index contributed by atoms with van der Waals surface area (Å²) in [6.07, 6.45) is -0.501. The lowest BCUT2D eigenvalue weighted by atomic mass is 10.1. The Morgan fingerprint density at radius 1 is 1.39 bits per heavy atom. The number of carbonyl (C=O) groups is 1. The number of rotatable bonds is 3. The molecule has 1 aromatic rings. The lowest BCUT2D eigenvalue weighted by Crippen LogP contribution is -2.40. The number of benzene rings is 1. The molecule has 1 aliphatic heterocycles. The van der Waals surface area contributed by atoms with Crippen LogP contribution in [0.2, 0.25) is 0 Å². The van der Waals surface area contributed by atoms with Crippen molar-refractivity contribution in [3.63, 3.8) is 0 Å². The lowest BCUT2D eigenvalue weighted by Gasteiger charge is -2.25. The molecule has 98 valence electrons. The van der Waals surface area contributed by atoms with Crippen LogP contribution in [0.3, 0.4) is 0 Å². The van der Waals surface area contributed by atoms with Gasteiger partial charge in [-0.1, -0.05) is 26.0 Å². The summed E-state index contributed by atoms with van der Waals surface area (Å²) in [5.41, 5.74) is 0.575. The molecule has 1 heterocycles. The van der Waals surface area contributed by atoms with Crippen LogP contribution >= 0.6 is 0 Å². The van der Waals surface area contributed by atoms with E-state index in [4.69, 9.17) is 4.74 Å². The first-order valence-electron chi connectivity index (χ1n) is 6.28. The molecule has 1 aromatic carbocycles. The minimum atomic E-state index is -0.501. The third-order valence-electron chi connectivity index (χ3n) is 3.20. The molecule has 0 bridgehead atoms. The van der Waals surface area contributed by atoms with Crippen LogP contribution in [-0.4, -0.2) is 41.7 Å². The Labute approximate surface area is 107 Å². The molecule has 0 aromatic heterocycles. The van der Waals surface area contributed by atoms with Crippen LogP contribution in [0.1, 0.15) is 24.2 Å². The summed E-state index contributed by atoms with van der Waals surface area (Å²) in [5, 5.41) is 9.90. The number of fused-ring (bicyclic) bond motifs is 1. The van der Waals surface area contributed by atoms with Crippen molar-refractivity contribution in [2.45, 2.75) is 20.0 Å². The minimum Gasteiger partial charge on any atom is -0.491 e. The van der Waals surface area contributed by atoms with Crippen molar-refractivity contribution in [1.82, 2.24) is 4.90 Å².